The molecule has 3 N–H and O–H groups in total. The van der Waals surface area contributed by atoms with E-state index in [4.69, 9.17) is 9.26 Å². The van der Waals surface area contributed by atoms with Gasteiger partial charge < -0.3 is 19.9 Å². The van der Waals surface area contributed by atoms with Crippen LogP contribution in [-0.2, 0) is 13.8 Å². The first-order valence-corrected chi connectivity index (χ1v) is 17.5. The van der Waals surface area contributed by atoms with E-state index in [2.05, 4.69) is 37.5 Å². The van der Waals surface area contributed by atoms with Crippen LogP contribution in [-0.4, -0.2) is 97.3 Å². The maximum absolute atomic E-state index is 14.6. The maximum Gasteiger partial charge on any atom is 0.345 e. The summed E-state index contributed by atoms with van der Waals surface area (Å²) in [5, 5.41) is 6.18. The fourth-order valence-corrected chi connectivity index (χ4v) is 8.31. The molecule has 5 atom stereocenters. The van der Waals surface area contributed by atoms with Gasteiger partial charge in [0.2, 0.25) is 0 Å². The van der Waals surface area contributed by atoms with Crippen molar-refractivity contribution in [1.82, 2.24) is 43.7 Å². The Hall–Kier alpha value is -4.05. The largest absolute Gasteiger partial charge is 0.350 e. The van der Waals surface area contributed by atoms with Crippen LogP contribution in [0.1, 0.15) is 48.0 Å². The molecule has 0 aliphatic carbocycles. The number of amides is 1. The Morgan fingerprint density at radius 1 is 1.12 bits per heavy atom. The van der Waals surface area contributed by atoms with Crippen molar-refractivity contribution in [1.29, 1.82) is 0 Å². The molecule has 0 spiro atoms. The summed E-state index contributed by atoms with van der Waals surface area (Å²) in [5.41, 5.74) is 0.939. The number of aromatic nitrogens is 6. The van der Waals surface area contributed by atoms with Crippen molar-refractivity contribution < 1.29 is 18.6 Å². The molecule has 3 aromatic heterocycles. The molecular weight excluding hydrogens is 639 g/mol. The minimum Gasteiger partial charge on any atom is -0.350 e. The second kappa shape index (κ2) is 14.2. The number of fused-ring (bicyclic) bond motifs is 1. The number of aryl methyl sites for hydroxylation is 1. The Morgan fingerprint density at radius 3 is 2.67 bits per heavy atom. The molecule has 2 aliphatic rings. The molecule has 4 aromatic rings. The lowest BCUT2D eigenvalue weighted by atomic mass is 9.93. The average molecular weight is 681 g/mol. The Morgan fingerprint density at radius 2 is 1.92 bits per heavy atom. The number of hydrogen-bond acceptors (Lipinski definition) is 10. The van der Waals surface area contributed by atoms with Gasteiger partial charge in [0.05, 0.1) is 25.1 Å². The van der Waals surface area contributed by atoms with Gasteiger partial charge in [-0.15, -0.1) is 0 Å². The van der Waals surface area contributed by atoms with Crippen LogP contribution in [0.2, 0.25) is 0 Å². The van der Waals surface area contributed by atoms with Crippen molar-refractivity contribution in [3.05, 3.63) is 81.1 Å². The van der Waals surface area contributed by atoms with E-state index in [0.29, 0.717) is 54.9 Å². The van der Waals surface area contributed by atoms with Crippen LogP contribution >= 0.6 is 7.67 Å². The number of carbonyl (C=O) groups is 1. The van der Waals surface area contributed by atoms with E-state index >= 15 is 0 Å². The van der Waals surface area contributed by atoms with Gasteiger partial charge in [0.1, 0.15) is 12.6 Å². The van der Waals surface area contributed by atoms with Crippen molar-refractivity contribution >= 4 is 30.6 Å². The zero-order chi connectivity index (χ0) is 34.0. The summed E-state index contributed by atoms with van der Waals surface area (Å²) in [6.07, 6.45) is 5.11. The van der Waals surface area contributed by atoms with Crippen molar-refractivity contribution in [2.24, 2.45) is 5.92 Å². The van der Waals surface area contributed by atoms with Crippen LogP contribution in [0.25, 0.3) is 11.2 Å². The molecule has 0 radical (unpaired) electrons. The summed E-state index contributed by atoms with van der Waals surface area (Å²) in [4.78, 5) is 53.1. The van der Waals surface area contributed by atoms with Gasteiger partial charge in [-0.3, -0.25) is 28.3 Å². The van der Waals surface area contributed by atoms with Crippen LogP contribution in [0, 0.1) is 12.8 Å². The lowest BCUT2D eigenvalue weighted by molar-refractivity contribution is -0.0912. The van der Waals surface area contributed by atoms with Crippen LogP contribution in [0.5, 0.6) is 0 Å². The maximum atomic E-state index is 14.6. The lowest BCUT2D eigenvalue weighted by Gasteiger charge is -2.43. The zero-order valence-corrected chi connectivity index (χ0v) is 28.3. The summed E-state index contributed by atoms with van der Waals surface area (Å²) in [7, 11) is -0.115. The second-order valence-corrected chi connectivity index (χ2v) is 15.0. The molecule has 2 aliphatic heterocycles. The number of anilines is 1. The van der Waals surface area contributed by atoms with Crippen LogP contribution in [0.15, 0.2) is 58.8 Å². The van der Waals surface area contributed by atoms with Gasteiger partial charge in [-0.2, -0.15) is 0 Å². The van der Waals surface area contributed by atoms with E-state index in [1.165, 1.54) is 6.33 Å². The normalized spacial score (nSPS) is 23.3. The molecule has 0 saturated carbocycles. The molecule has 5 heterocycles. The van der Waals surface area contributed by atoms with Crippen molar-refractivity contribution in [2.45, 2.75) is 45.1 Å². The molecule has 17 heteroatoms. The van der Waals surface area contributed by atoms with Crippen LogP contribution in [0.4, 0.5) is 5.82 Å². The summed E-state index contributed by atoms with van der Waals surface area (Å²) in [5.74, 6) is 0.137. The average Bonchev–Trinajstić information content (AvgIpc) is 3.54. The van der Waals surface area contributed by atoms with E-state index < -0.39 is 31.3 Å². The number of H-pyrrole nitrogens is 1. The Balaban J connectivity index is 1.16. The molecule has 48 heavy (non-hydrogen) atoms. The third-order valence-corrected chi connectivity index (χ3v) is 11.4. The quantitative estimate of drug-likeness (QED) is 0.208. The highest BCUT2D eigenvalue weighted by atomic mass is 31.2. The summed E-state index contributed by atoms with van der Waals surface area (Å²) < 4.78 is 34.0. The smallest absolute Gasteiger partial charge is 0.345 e. The Bertz CT molecular complexity index is 1930. The summed E-state index contributed by atoms with van der Waals surface area (Å²) in [6, 6.07) is 8.54. The molecule has 6 rings (SSSR count). The molecular formula is C31H41N10O6P. The predicted octanol–water partition coefficient (Wildman–Crippen LogP) is 2.38. The third kappa shape index (κ3) is 6.90. The lowest BCUT2D eigenvalue weighted by Crippen LogP contribution is -2.47. The molecule has 3 unspecified atom stereocenters. The number of benzene rings is 1. The summed E-state index contributed by atoms with van der Waals surface area (Å²) in [6.45, 7) is 5.55. The van der Waals surface area contributed by atoms with Crippen molar-refractivity contribution in [3.8, 4) is 0 Å². The Kier molecular flexibility index (Phi) is 10.0. The third-order valence-electron chi connectivity index (χ3n) is 8.88. The van der Waals surface area contributed by atoms with E-state index in [9.17, 15) is 18.9 Å². The summed E-state index contributed by atoms with van der Waals surface area (Å²) >= 11 is 0. The van der Waals surface area contributed by atoms with Gasteiger partial charge in [0, 0.05) is 43.5 Å². The standard InChI is InChI=1S/C31H41N10O6P/c1-5-21-11-23(40-14-20(2)29(42)37-31(40)44)16-39(15-21)48(45,38(3)4)46-17-24-12-32-13-25(47-24)41-19-35-26-27(33-18-34-28(26)41)36-30(43)22-9-7-6-8-10-22/h6-10,14,18-19,21,23-25,32H,5,11-13,15-17H2,1-4H3,(H,37,42,44)(H,33,34,36,43)/t21-,23?,24-,25?,48?/m0/s1. The van der Waals surface area contributed by atoms with E-state index in [-0.39, 0.29) is 30.3 Å². The monoisotopic (exact) mass is 680 g/mol. The number of rotatable bonds is 10. The molecule has 1 amide bonds. The number of hydrogen-bond donors (Lipinski definition) is 3. The number of ether oxygens (including phenoxy) is 1. The van der Waals surface area contributed by atoms with Crippen molar-refractivity contribution in [2.75, 3.05) is 52.2 Å². The number of piperidine rings is 1. The number of nitrogens with one attached hydrogen (secondary N) is 3. The van der Waals surface area contributed by atoms with E-state index in [0.717, 1.165) is 6.42 Å². The number of imidazole rings is 1. The van der Waals surface area contributed by atoms with Gasteiger partial charge in [-0.05, 0) is 45.5 Å². The molecule has 16 nitrogen and oxygen atoms in total. The minimum atomic E-state index is -3.55. The van der Waals surface area contributed by atoms with E-state index in [1.54, 1.807) is 71.6 Å². The van der Waals surface area contributed by atoms with Gasteiger partial charge in [0.25, 0.3) is 11.5 Å². The highest BCUT2D eigenvalue weighted by Gasteiger charge is 2.42. The van der Waals surface area contributed by atoms with Crippen LogP contribution in [0.3, 0.4) is 0 Å². The number of nitrogens with zero attached hydrogens (tertiary/aromatic N) is 7. The molecule has 2 fully saturated rings. The number of morpholine rings is 1. The van der Waals surface area contributed by atoms with E-state index in [1.807, 2.05) is 10.7 Å². The fraction of sp³-hybridized carbons (Fsp3) is 0.484. The Labute approximate surface area is 277 Å². The van der Waals surface area contributed by atoms with Crippen LogP contribution < -0.4 is 21.9 Å². The highest BCUT2D eigenvalue weighted by molar-refractivity contribution is 7.53. The zero-order valence-electron chi connectivity index (χ0n) is 27.4. The molecule has 1 aromatic carbocycles. The highest BCUT2D eigenvalue weighted by Crippen LogP contribution is 2.55. The predicted molar refractivity (Wildman–Crippen MR) is 179 cm³/mol. The SMILES string of the molecule is CC[C@H]1CC(n2cc(C)c(=O)[nH]c2=O)CN(P(=O)(OC[C@@H]2CNCC(n3cnc4c(NC(=O)c5ccccc5)ncnc43)O2)N(C)C)C1. The molecule has 2 saturated heterocycles. The molecule has 256 valence electrons. The topological polar surface area (TPSA) is 182 Å². The van der Waals surface area contributed by atoms with Gasteiger partial charge >= 0.3 is 13.4 Å². The minimum absolute atomic E-state index is 0.0363. The number of carbonyl (C=O) groups excluding carboxylic acids is 1. The van der Waals surface area contributed by atoms with Crippen molar-refractivity contribution in [3.63, 3.8) is 0 Å². The molecule has 0 bridgehead atoms. The first-order chi connectivity index (χ1) is 23.1. The number of aromatic amines is 1. The first-order valence-electron chi connectivity index (χ1n) is 16.0. The first kappa shape index (κ1) is 33.8. The van der Waals surface area contributed by atoms with Gasteiger partial charge in [-0.1, -0.05) is 31.5 Å². The fourth-order valence-electron chi connectivity index (χ4n) is 6.21. The van der Waals surface area contributed by atoms with Gasteiger partial charge in [-0.25, -0.2) is 29.1 Å². The van der Waals surface area contributed by atoms with Gasteiger partial charge in [0.15, 0.2) is 17.0 Å². The second-order valence-electron chi connectivity index (χ2n) is 12.4.